The van der Waals surface area contributed by atoms with E-state index in [1.54, 1.807) is 0 Å². The Bertz CT molecular complexity index is 671. The molecule has 116 valence electrons. The van der Waals surface area contributed by atoms with Gasteiger partial charge in [-0.05, 0) is 24.5 Å². The lowest BCUT2D eigenvalue weighted by molar-refractivity contribution is -0.146. The van der Waals surface area contributed by atoms with Crippen LogP contribution in [0, 0.1) is 0 Å². The number of rotatable bonds is 4. The summed E-state index contributed by atoms with van der Waals surface area (Å²) in [5.74, 6) is 0.125. The van der Waals surface area contributed by atoms with Crippen LogP contribution in [0.5, 0.6) is 0 Å². The summed E-state index contributed by atoms with van der Waals surface area (Å²) in [7, 11) is 0. The Kier molecular flexibility index (Phi) is 3.60. The van der Waals surface area contributed by atoms with Gasteiger partial charge in [0.05, 0.1) is 6.61 Å². The van der Waals surface area contributed by atoms with Crippen molar-refractivity contribution in [3.8, 4) is 0 Å². The lowest BCUT2D eigenvalue weighted by atomic mass is 10.1. The molecule has 1 aromatic heterocycles. The smallest absolute Gasteiger partial charge is 0.253 e. The van der Waals surface area contributed by atoms with Crippen molar-refractivity contribution >= 4 is 16.8 Å². The number of carbonyl (C=O) groups excluding carboxylic acids is 1. The molecule has 0 bridgehead atoms. The minimum Gasteiger partial charge on any atom is -0.366 e. The number of H-pyrrole nitrogens is 1. The number of ether oxygens (including phenoxy) is 1. The molecule has 1 aliphatic carbocycles. The zero-order valence-corrected chi connectivity index (χ0v) is 12.5. The molecule has 2 aromatic rings. The maximum absolute atomic E-state index is 12.8. The lowest BCUT2D eigenvalue weighted by Crippen LogP contribution is -2.49. The van der Waals surface area contributed by atoms with Crippen LogP contribution in [0.4, 0.5) is 0 Å². The second-order valence-corrected chi connectivity index (χ2v) is 6.12. The molecule has 4 rings (SSSR count). The summed E-state index contributed by atoms with van der Waals surface area (Å²) in [6.07, 6.45) is 3.90. The van der Waals surface area contributed by atoms with E-state index in [9.17, 15) is 4.79 Å². The molecule has 5 nitrogen and oxygen atoms in total. The van der Waals surface area contributed by atoms with E-state index in [0.717, 1.165) is 24.9 Å². The van der Waals surface area contributed by atoms with E-state index in [-0.39, 0.29) is 12.0 Å². The predicted molar refractivity (Wildman–Crippen MR) is 84.5 cm³/mol. The van der Waals surface area contributed by atoms with Gasteiger partial charge in [0.2, 0.25) is 0 Å². The van der Waals surface area contributed by atoms with Crippen LogP contribution in [-0.4, -0.2) is 47.6 Å². The van der Waals surface area contributed by atoms with Crippen LogP contribution in [0.15, 0.2) is 30.5 Å². The minimum absolute atomic E-state index is 0.125. The molecule has 2 heterocycles. The van der Waals surface area contributed by atoms with Gasteiger partial charge >= 0.3 is 0 Å². The summed E-state index contributed by atoms with van der Waals surface area (Å²) < 4.78 is 5.64. The van der Waals surface area contributed by atoms with Gasteiger partial charge in [0.25, 0.3) is 5.91 Å². The average Bonchev–Trinajstić information content (AvgIpc) is 3.34. The number of hydrogen-bond donors (Lipinski definition) is 2. The molecule has 1 saturated carbocycles. The van der Waals surface area contributed by atoms with Gasteiger partial charge < -0.3 is 19.9 Å². The Balaban J connectivity index is 1.56. The highest BCUT2D eigenvalue weighted by Crippen LogP contribution is 2.31. The molecule has 1 atom stereocenters. The maximum atomic E-state index is 12.8. The van der Waals surface area contributed by atoms with Crippen molar-refractivity contribution in [3.05, 3.63) is 36.0 Å². The standard InChI is InChI=1S/C17H21N3O2/c21-17(16-10-18-7-8-22-16)20(13-5-6-13)11-12-9-19-15-4-2-1-3-14(12)15/h1-4,9,13,16,18-19H,5-8,10-11H2. The first-order chi connectivity index (χ1) is 10.8. The number of para-hydroxylation sites is 1. The molecule has 1 aliphatic heterocycles. The van der Waals surface area contributed by atoms with Gasteiger partial charge in [0.1, 0.15) is 6.10 Å². The van der Waals surface area contributed by atoms with Gasteiger partial charge in [-0.15, -0.1) is 0 Å². The third kappa shape index (κ3) is 2.62. The van der Waals surface area contributed by atoms with Crippen LogP contribution in [0.2, 0.25) is 0 Å². The van der Waals surface area contributed by atoms with Crippen molar-refractivity contribution in [1.29, 1.82) is 0 Å². The molecular formula is C17H21N3O2. The van der Waals surface area contributed by atoms with Crippen molar-refractivity contribution in [3.63, 3.8) is 0 Å². The Morgan fingerprint density at radius 2 is 2.18 bits per heavy atom. The normalized spacial score (nSPS) is 21.9. The summed E-state index contributed by atoms with van der Waals surface area (Å²) in [6.45, 7) is 2.72. The summed E-state index contributed by atoms with van der Waals surface area (Å²) in [6, 6.07) is 8.61. The fourth-order valence-electron chi connectivity index (χ4n) is 3.13. The Morgan fingerprint density at radius 1 is 1.32 bits per heavy atom. The van der Waals surface area contributed by atoms with Gasteiger partial charge in [-0.3, -0.25) is 4.79 Å². The van der Waals surface area contributed by atoms with Crippen LogP contribution >= 0.6 is 0 Å². The van der Waals surface area contributed by atoms with Gasteiger partial charge in [0, 0.05) is 42.8 Å². The molecule has 1 saturated heterocycles. The van der Waals surface area contributed by atoms with Crippen molar-refractivity contribution in [2.24, 2.45) is 0 Å². The van der Waals surface area contributed by atoms with E-state index < -0.39 is 0 Å². The molecule has 1 amide bonds. The fourth-order valence-corrected chi connectivity index (χ4v) is 3.13. The molecule has 2 N–H and O–H groups in total. The zero-order chi connectivity index (χ0) is 14.9. The van der Waals surface area contributed by atoms with Crippen molar-refractivity contribution in [2.45, 2.75) is 31.5 Å². The molecule has 0 spiro atoms. The number of fused-ring (bicyclic) bond motifs is 1. The predicted octanol–water partition coefficient (Wildman–Crippen LogP) is 1.65. The number of aromatic amines is 1. The Labute approximate surface area is 129 Å². The molecule has 1 unspecified atom stereocenters. The first-order valence-electron chi connectivity index (χ1n) is 8.01. The number of nitrogens with zero attached hydrogens (tertiary/aromatic N) is 1. The van der Waals surface area contributed by atoms with Crippen molar-refractivity contribution in [1.82, 2.24) is 15.2 Å². The Hall–Kier alpha value is -1.85. The SMILES string of the molecule is O=C(C1CNCCO1)N(Cc1c[nH]c2ccccc12)C1CC1. The highest BCUT2D eigenvalue weighted by atomic mass is 16.5. The number of benzene rings is 1. The van der Waals surface area contributed by atoms with Gasteiger partial charge in [-0.2, -0.15) is 0 Å². The number of morpholine rings is 1. The molecular weight excluding hydrogens is 278 g/mol. The van der Waals surface area contributed by atoms with Crippen LogP contribution in [0.3, 0.4) is 0 Å². The molecule has 5 heteroatoms. The van der Waals surface area contributed by atoms with Crippen LogP contribution in [0.25, 0.3) is 10.9 Å². The quantitative estimate of drug-likeness (QED) is 0.902. The summed E-state index contributed by atoms with van der Waals surface area (Å²) in [5.41, 5.74) is 2.30. The molecule has 0 radical (unpaired) electrons. The molecule has 1 aromatic carbocycles. The second-order valence-electron chi connectivity index (χ2n) is 6.12. The van der Waals surface area contributed by atoms with Crippen LogP contribution in [0.1, 0.15) is 18.4 Å². The zero-order valence-electron chi connectivity index (χ0n) is 12.5. The second kappa shape index (κ2) is 5.74. The first kappa shape index (κ1) is 13.8. The van der Waals surface area contributed by atoms with E-state index in [0.29, 0.717) is 25.7 Å². The molecule has 2 fully saturated rings. The minimum atomic E-state index is -0.334. The number of nitrogens with one attached hydrogen (secondary N) is 2. The average molecular weight is 299 g/mol. The van der Waals surface area contributed by atoms with Gasteiger partial charge in [-0.25, -0.2) is 0 Å². The molecule has 2 aliphatic rings. The highest BCUT2D eigenvalue weighted by Gasteiger charge is 2.37. The van der Waals surface area contributed by atoms with E-state index in [2.05, 4.69) is 22.4 Å². The van der Waals surface area contributed by atoms with E-state index in [1.165, 1.54) is 10.9 Å². The largest absolute Gasteiger partial charge is 0.366 e. The molecule has 22 heavy (non-hydrogen) atoms. The fraction of sp³-hybridized carbons (Fsp3) is 0.471. The van der Waals surface area contributed by atoms with Crippen LogP contribution < -0.4 is 5.32 Å². The summed E-state index contributed by atoms with van der Waals surface area (Å²) in [5, 5.41) is 4.44. The van der Waals surface area contributed by atoms with E-state index >= 15 is 0 Å². The van der Waals surface area contributed by atoms with Crippen molar-refractivity contribution < 1.29 is 9.53 Å². The summed E-state index contributed by atoms with van der Waals surface area (Å²) >= 11 is 0. The maximum Gasteiger partial charge on any atom is 0.253 e. The van der Waals surface area contributed by atoms with Gasteiger partial charge in [0.15, 0.2) is 0 Å². The number of hydrogen-bond acceptors (Lipinski definition) is 3. The highest BCUT2D eigenvalue weighted by molar-refractivity contribution is 5.85. The van der Waals surface area contributed by atoms with Gasteiger partial charge in [-0.1, -0.05) is 18.2 Å². The number of amides is 1. The first-order valence-corrected chi connectivity index (χ1v) is 8.01. The topological polar surface area (TPSA) is 57.4 Å². The van der Waals surface area contributed by atoms with E-state index in [1.807, 2.05) is 23.2 Å². The number of aromatic nitrogens is 1. The lowest BCUT2D eigenvalue weighted by Gasteiger charge is -2.30. The summed E-state index contributed by atoms with van der Waals surface area (Å²) in [4.78, 5) is 18.1. The monoisotopic (exact) mass is 299 g/mol. The third-order valence-corrected chi connectivity index (χ3v) is 4.49. The third-order valence-electron chi connectivity index (χ3n) is 4.49. The Morgan fingerprint density at radius 3 is 2.95 bits per heavy atom. The van der Waals surface area contributed by atoms with Crippen molar-refractivity contribution in [2.75, 3.05) is 19.7 Å². The number of carbonyl (C=O) groups is 1. The van der Waals surface area contributed by atoms with E-state index in [4.69, 9.17) is 4.74 Å². The van der Waals surface area contributed by atoms with Crippen LogP contribution in [-0.2, 0) is 16.1 Å².